The second-order valence-corrected chi connectivity index (χ2v) is 8.27. The van der Waals surface area contributed by atoms with Gasteiger partial charge in [0, 0.05) is 48.8 Å². The average molecular weight is 459 g/mol. The smallest absolute Gasteiger partial charge is 0.255 e. The first-order valence-corrected chi connectivity index (χ1v) is 11.4. The van der Waals surface area contributed by atoms with Gasteiger partial charge in [0.1, 0.15) is 5.75 Å². The van der Waals surface area contributed by atoms with E-state index in [1.54, 1.807) is 19.2 Å². The van der Waals surface area contributed by atoms with Crippen LogP contribution in [0.15, 0.2) is 72.8 Å². The lowest BCUT2D eigenvalue weighted by molar-refractivity contribution is -0.129. The van der Waals surface area contributed by atoms with Crippen molar-refractivity contribution < 1.29 is 14.3 Å². The van der Waals surface area contributed by atoms with Gasteiger partial charge in [-0.1, -0.05) is 24.3 Å². The highest BCUT2D eigenvalue weighted by Gasteiger charge is 2.21. The minimum atomic E-state index is -0.185. The molecule has 3 aromatic carbocycles. The third kappa shape index (κ3) is 5.67. The van der Waals surface area contributed by atoms with Crippen LogP contribution in [-0.2, 0) is 4.79 Å². The average Bonchev–Trinajstić information content (AvgIpc) is 2.88. The lowest BCUT2D eigenvalue weighted by atomic mass is 10.1. The molecular weight excluding hydrogens is 428 g/mol. The number of carbonyl (C=O) groups excluding carboxylic acids is 2. The Morgan fingerprint density at radius 1 is 0.912 bits per heavy atom. The summed E-state index contributed by atoms with van der Waals surface area (Å²) in [6.07, 6.45) is 0. The van der Waals surface area contributed by atoms with Gasteiger partial charge in [-0.3, -0.25) is 9.59 Å². The molecule has 7 nitrogen and oxygen atoms in total. The van der Waals surface area contributed by atoms with Gasteiger partial charge in [-0.2, -0.15) is 0 Å². The second-order valence-electron chi connectivity index (χ2n) is 8.27. The van der Waals surface area contributed by atoms with Gasteiger partial charge in [-0.15, -0.1) is 0 Å². The summed E-state index contributed by atoms with van der Waals surface area (Å²) in [5.74, 6) is 0.698. The normalized spacial score (nSPS) is 13.4. The number of nitrogens with zero attached hydrogens (tertiary/aromatic N) is 2. The Morgan fingerprint density at radius 2 is 1.62 bits per heavy atom. The summed E-state index contributed by atoms with van der Waals surface area (Å²) in [4.78, 5) is 29.6. The molecule has 3 aromatic rings. The molecule has 0 aliphatic carbocycles. The Labute approximate surface area is 200 Å². The first-order valence-electron chi connectivity index (χ1n) is 11.4. The van der Waals surface area contributed by atoms with Crippen molar-refractivity contribution in [2.24, 2.45) is 0 Å². The summed E-state index contributed by atoms with van der Waals surface area (Å²) in [5.41, 5.74) is 4.18. The van der Waals surface area contributed by atoms with Crippen LogP contribution in [-0.4, -0.2) is 56.5 Å². The number of aryl methyl sites for hydroxylation is 1. The van der Waals surface area contributed by atoms with E-state index in [2.05, 4.69) is 15.5 Å². The second kappa shape index (κ2) is 10.7. The number of para-hydroxylation sites is 1. The fourth-order valence-electron chi connectivity index (χ4n) is 3.97. The van der Waals surface area contributed by atoms with Gasteiger partial charge < -0.3 is 25.2 Å². The van der Waals surface area contributed by atoms with Crippen LogP contribution in [0.2, 0.25) is 0 Å². The zero-order valence-electron chi connectivity index (χ0n) is 19.6. The highest BCUT2D eigenvalue weighted by Crippen LogP contribution is 2.21. The number of nitrogens with one attached hydrogen (secondary N) is 2. The van der Waals surface area contributed by atoms with E-state index in [4.69, 9.17) is 4.74 Å². The number of anilines is 3. The zero-order valence-corrected chi connectivity index (χ0v) is 19.6. The number of hydrogen-bond donors (Lipinski definition) is 2. The van der Waals surface area contributed by atoms with Gasteiger partial charge in [0.25, 0.3) is 5.91 Å². The van der Waals surface area contributed by atoms with Crippen molar-refractivity contribution in [2.75, 3.05) is 55.4 Å². The van der Waals surface area contributed by atoms with Crippen LogP contribution < -0.4 is 20.3 Å². The number of carbonyl (C=O) groups is 2. The first kappa shape index (κ1) is 23.2. The predicted octanol–water partition coefficient (Wildman–Crippen LogP) is 4.02. The molecule has 1 aliphatic rings. The van der Waals surface area contributed by atoms with Crippen LogP contribution in [0.4, 0.5) is 17.1 Å². The molecule has 0 atom stereocenters. The lowest BCUT2D eigenvalue weighted by Crippen LogP contribution is -2.50. The molecule has 2 amide bonds. The fourth-order valence-corrected chi connectivity index (χ4v) is 3.97. The van der Waals surface area contributed by atoms with E-state index in [1.165, 1.54) is 0 Å². The van der Waals surface area contributed by atoms with Gasteiger partial charge in [-0.25, -0.2) is 0 Å². The molecule has 0 spiro atoms. The number of benzene rings is 3. The third-order valence-electron chi connectivity index (χ3n) is 6.03. The molecule has 4 rings (SSSR count). The molecule has 1 saturated heterocycles. The van der Waals surface area contributed by atoms with Gasteiger partial charge in [0.15, 0.2) is 0 Å². The maximum absolute atomic E-state index is 12.8. The topological polar surface area (TPSA) is 73.9 Å². The van der Waals surface area contributed by atoms with Crippen LogP contribution >= 0.6 is 0 Å². The Bertz CT molecular complexity index is 1120. The minimum absolute atomic E-state index is 0.0490. The highest BCUT2D eigenvalue weighted by atomic mass is 16.5. The summed E-state index contributed by atoms with van der Waals surface area (Å²) in [6.45, 7) is 5.06. The molecule has 2 N–H and O–H groups in total. The lowest BCUT2D eigenvalue weighted by Gasteiger charge is -2.36. The van der Waals surface area contributed by atoms with E-state index in [0.29, 0.717) is 18.7 Å². The molecule has 0 radical (unpaired) electrons. The Hall–Kier alpha value is -4.00. The van der Waals surface area contributed by atoms with Crippen LogP contribution in [0.1, 0.15) is 15.9 Å². The molecule has 1 fully saturated rings. The highest BCUT2D eigenvalue weighted by molar-refractivity contribution is 6.05. The van der Waals surface area contributed by atoms with Gasteiger partial charge in [0.05, 0.1) is 13.7 Å². The molecular formula is C27H30N4O3. The molecule has 34 heavy (non-hydrogen) atoms. The largest absolute Gasteiger partial charge is 0.497 e. The molecule has 0 saturated carbocycles. The molecule has 176 valence electrons. The van der Waals surface area contributed by atoms with Gasteiger partial charge >= 0.3 is 0 Å². The van der Waals surface area contributed by atoms with Crippen molar-refractivity contribution in [3.63, 3.8) is 0 Å². The molecule has 0 aromatic heterocycles. The molecule has 7 heteroatoms. The van der Waals surface area contributed by atoms with Gasteiger partial charge in [0.2, 0.25) is 5.91 Å². The summed E-state index contributed by atoms with van der Waals surface area (Å²) in [7, 11) is 1.66. The van der Waals surface area contributed by atoms with Crippen molar-refractivity contribution in [1.29, 1.82) is 0 Å². The molecule has 0 bridgehead atoms. The van der Waals surface area contributed by atoms with E-state index in [1.807, 2.05) is 72.5 Å². The standard InChI is InChI=1S/C27H30N4O3/c1-20-8-9-21(27(33)29-22-6-4-3-5-7-22)18-25(20)28-19-26(32)31-16-14-30(15-17-31)23-10-12-24(34-2)13-11-23/h3-13,18,28H,14-17,19H2,1-2H3,(H,29,33). The molecule has 1 heterocycles. The van der Waals surface area contributed by atoms with Crippen LogP contribution in [0.25, 0.3) is 0 Å². The monoisotopic (exact) mass is 458 g/mol. The Morgan fingerprint density at radius 3 is 2.29 bits per heavy atom. The Kier molecular flexibility index (Phi) is 7.32. The van der Waals surface area contributed by atoms with Crippen LogP contribution in [0.5, 0.6) is 5.75 Å². The van der Waals surface area contributed by atoms with Crippen molar-refractivity contribution in [3.05, 3.63) is 83.9 Å². The summed E-state index contributed by atoms with van der Waals surface area (Å²) >= 11 is 0. The predicted molar refractivity (Wildman–Crippen MR) is 136 cm³/mol. The summed E-state index contributed by atoms with van der Waals surface area (Å²) in [5, 5.41) is 6.12. The van der Waals surface area contributed by atoms with E-state index in [-0.39, 0.29) is 18.4 Å². The minimum Gasteiger partial charge on any atom is -0.497 e. The number of rotatable bonds is 7. The van der Waals surface area contributed by atoms with Crippen molar-refractivity contribution >= 4 is 28.9 Å². The zero-order chi connectivity index (χ0) is 23.9. The summed E-state index contributed by atoms with van der Waals surface area (Å²) in [6, 6.07) is 22.8. The van der Waals surface area contributed by atoms with Crippen molar-refractivity contribution in [3.8, 4) is 5.75 Å². The van der Waals surface area contributed by atoms with Crippen molar-refractivity contribution in [2.45, 2.75) is 6.92 Å². The third-order valence-corrected chi connectivity index (χ3v) is 6.03. The fraction of sp³-hybridized carbons (Fsp3) is 0.259. The number of piperazine rings is 1. The summed E-state index contributed by atoms with van der Waals surface area (Å²) < 4.78 is 5.22. The first-order chi connectivity index (χ1) is 16.5. The van der Waals surface area contributed by atoms with Crippen LogP contribution in [0, 0.1) is 6.92 Å². The number of amides is 2. The molecule has 1 aliphatic heterocycles. The number of hydrogen-bond acceptors (Lipinski definition) is 5. The number of methoxy groups -OCH3 is 1. The SMILES string of the molecule is COc1ccc(N2CCN(C(=O)CNc3cc(C(=O)Nc4ccccc4)ccc3C)CC2)cc1. The van der Waals surface area contributed by atoms with E-state index in [0.717, 1.165) is 41.5 Å². The van der Waals surface area contributed by atoms with Crippen LogP contribution in [0.3, 0.4) is 0 Å². The maximum atomic E-state index is 12.8. The van der Waals surface area contributed by atoms with E-state index in [9.17, 15) is 9.59 Å². The van der Waals surface area contributed by atoms with Crippen molar-refractivity contribution in [1.82, 2.24) is 4.90 Å². The van der Waals surface area contributed by atoms with Gasteiger partial charge in [-0.05, 0) is 61.0 Å². The van der Waals surface area contributed by atoms with E-state index >= 15 is 0 Å². The molecule has 0 unspecified atom stereocenters. The maximum Gasteiger partial charge on any atom is 0.255 e. The van der Waals surface area contributed by atoms with E-state index < -0.39 is 0 Å². The quantitative estimate of drug-likeness (QED) is 0.560. The Balaban J connectivity index is 1.30. The number of ether oxygens (including phenoxy) is 1.